The Morgan fingerprint density at radius 3 is 2.36 bits per heavy atom. The summed E-state index contributed by atoms with van der Waals surface area (Å²) in [5, 5.41) is 3.36. The summed E-state index contributed by atoms with van der Waals surface area (Å²) in [6.45, 7) is 6.56. The van der Waals surface area contributed by atoms with Gasteiger partial charge in [0.25, 0.3) is 0 Å². The number of primary amides is 1. The summed E-state index contributed by atoms with van der Waals surface area (Å²) in [4.78, 5) is 11.4. The molecule has 5 nitrogen and oxygen atoms in total. The van der Waals surface area contributed by atoms with Crippen LogP contribution in [0.3, 0.4) is 0 Å². The van der Waals surface area contributed by atoms with Crippen molar-refractivity contribution in [3.8, 4) is 0 Å². The summed E-state index contributed by atoms with van der Waals surface area (Å²) < 4.78 is 10.4. The molecule has 0 aliphatic rings. The van der Waals surface area contributed by atoms with Crippen molar-refractivity contribution in [1.82, 2.24) is 5.32 Å². The highest BCUT2D eigenvalue weighted by molar-refractivity contribution is 5.76. The molecule has 2 atom stereocenters. The third-order valence-corrected chi connectivity index (χ3v) is 4.58. The molecule has 0 bridgehead atoms. The Morgan fingerprint density at radius 1 is 1.11 bits per heavy atom. The number of carbonyl (C=O) groups excluding carboxylic acids is 1. The van der Waals surface area contributed by atoms with Crippen LogP contribution >= 0.6 is 0 Å². The number of rotatable bonds is 12. The van der Waals surface area contributed by atoms with Crippen LogP contribution in [0.4, 0.5) is 0 Å². The Labute approximate surface area is 167 Å². The van der Waals surface area contributed by atoms with Gasteiger partial charge in [-0.2, -0.15) is 0 Å². The molecule has 0 aliphatic heterocycles. The summed E-state index contributed by atoms with van der Waals surface area (Å²) >= 11 is 0. The first-order valence-electron chi connectivity index (χ1n) is 9.44. The van der Waals surface area contributed by atoms with Crippen LogP contribution < -0.4 is 11.1 Å². The summed E-state index contributed by atoms with van der Waals surface area (Å²) in [6.07, 6.45) is 1.45. The topological polar surface area (TPSA) is 73.6 Å². The van der Waals surface area contributed by atoms with Crippen molar-refractivity contribution in [2.24, 2.45) is 11.7 Å². The molecule has 3 N–H and O–H groups in total. The zero-order valence-electron chi connectivity index (χ0n) is 16.7. The Kier molecular flexibility index (Phi) is 8.72. The SMILES string of the molecule is C=C(NC(COCOC)CC(C)C(N)=O)c1ccc(Cc2ccccc2)cc1. The van der Waals surface area contributed by atoms with Gasteiger partial charge in [-0.1, -0.05) is 68.1 Å². The molecule has 0 heterocycles. The molecule has 0 fully saturated rings. The average Bonchev–Trinajstić information content (AvgIpc) is 2.69. The number of amides is 1. The van der Waals surface area contributed by atoms with Gasteiger partial charge in [-0.15, -0.1) is 0 Å². The van der Waals surface area contributed by atoms with E-state index in [2.05, 4.69) is 48.3 Å². The zero-order valence-corrected chi connectivity index (χ0v) is 16.7. The number of hydrogen-bond acceptors (Lipinski definition) is 4. The molecule has 0 spiro atoms. The molecule has 2 rings (SSSR count). The Balaban J connectivity index is 1.97. The lowest BCUT2D eigenvalue weighted by Gasteiger charge is -2.23. The van der Waals surface area contributed by atoms with Crippen molar-refractivity contribution < 1.29 is 14.3 Å². The fourth-order valence-corrected chi connectivity index (χ4v) is 2.97. The van der Waals surface area contributed by atoms with Crippen LogP contribution in [0.5, 0.6) is 0 Å². The van der Waals surface area contributed by atoms with Crippen LogP contribution in [0.25, 0.3) is 5.70 Å². The van der Waals surface area contributed by atoms with Gasteiger partial charge >= 0.3 is 0 Å². The first-order chi connectivity index (χ1) is 13.5. The van der Waals surface area contributed by atoms with Crippen molar-refractivity contribution in [3.05, 3.63) is 77.9 Å². The van der Waals surface area contributed by atoms with E-state index in [4.69, 9.17) is 15.2 Å². The van der Waals surface area contributed by atoms with Crippen LogP contribution in [0.15, 0.2) is 61.2 Å². The summed E-state index contributed by atoms with van der Waals surface area (Å²) in [5.74, 6) is -0.584. The Hall–Kier alpha value is -2.63. The van der Waals surface area contributed by atoms with E-state index in [9.17, 15) is 4.79 Å². The fraction of sp³-hybridized carbons (Fsp3) is 0.348. The van der Waals surface area contributed by atoms with Crippen LogP contribution in [0.2, 0.25) is 0 Å². The van der Waals surface area contributed by atoms with Crippen LogP contribution in [-0.4, -0.2) is 32.5 Å². The molecule has 150 valence electrons. The maximum absolute atomic E-state index is 11.4. The van der Waals surface area contributed by atoms with Crippen LogP contribution in [0, 0.1) is 5.92 Å². The monoisotopic (exact) mass is 382 g/mol. The molecule has 0 aromatic heterocycles. The van der Waals surface area contributed by atoms with Crippen LogP contribution in [-0.2, 0) is 20.7 Å². The maximum Gasteiger partial charge on any atom is 0.220 e. The number of hydrogen-bond donors (Lipinski definition) is 2. The molecule has 1 amide bonds. The average molecular weight is 383 g/mol. The second-order valence-corrected chi connectivity index (χ2v) is 7.00. The predicted octanol–water partition coefficient (Wildman–Crippen LogP) is 3.34. The van der Waals surface area contributed by atoms with Gasteiger partial charge in [0.2, 0.25) is 5.91 Å². The highest BCUT2D eigenvalue weighted by atomic mass is 16.7. The number of ether oxygens (including phenoxy) is 2. The van der Waals surface area contributed by atoms with Crippen LogP contribution in [0.1, 0.15) is 30.0 Å². The second-order valence-electron chi connectivity index (χ2n) is 7.00. The number of carbonyl (C=O) groups is 1. The number of nitrogens with two attached hydrogens (primary N) is 1. The lowest BCUT2D eigenvalue weighted by atomic mass is 10.00. The van der Waals surface area contributed by atoms with Crippen molar-refractivity contribution in [2.45, 2.75) is 25.8 Å². The maximum atomic E-state index is 11.4. The minimum Gasteiger partial charge on any atom is -0.380 e. The van der Waals surface area contributed by atoms with Gasteiger partial charge < -0.3 is 20.5 Å². The smallest absolute Gasteiger partial charge is 0.220 e. The van der Waals surface area contributed by atoms with E-state index in [1.807, 2.05) is 25.1 Å². The molecule has 0 saturated carbocycles. The van der Waals surface area contributed by atoms with Crippen molar-refractivity contribution in [3.63, 3.8) is 0 Å². The van der Waals surface area contributed by atoms with Gasteiger partial charge in [-0.25, -0.2) is 0 Å². The third-order valence-electron chi connectivity index (χ3n) is 4.58. The van der Waals surface area contributed by atoms with Crippen molar-refractivity contribution in [2.75, 3.05) is 20.5 Å². The van der Waals surface area contributed by atoms with Gasteiger partial charge in [0.05, 0.1) is 12.6 Å². The molecule has 0 aliphatic carbocycles. The van der Waals surface area contributed by atoms with E-state index < -0.39 is 0 Å². The summed E-state index contributed by atoms with van der Waals surface area (Å²) in [5.41, 5.74) is 9.71. The molecule has 0 radical (unpaired) electrons. The fourth-order valence-electron chi connectivity index (χ4n) is 2.97. The molecular weight excluding hydrogens is 352 g/mol. The predicted molar refractivity (Wildman–Crippen MR) is 112 cm³/mol. The van der Waals surface area contributed by atoms with E-state index in [1.165, 1.54) is 11.1 Å². The van der Waals surface area contributed by atoms with Crippen molar-refractivity contribution >= 4 is 11.6 Å². The minimum absolute atomic E-state index is 0.0888. The van der Waals surface area contributed by atoms with E-state index in [1.54, 1.807) is 7.11 Å². The lowest BCUT2D eigenvalue weighted by Crippen LogP contribution is -2.36. The normalized spacial score (nSPS) is 12.9. The van der Waals surface area contributed by atoms with Gasteiger partial charge in [-0.3, -0.25) is 4.79 Å². The first-order valence-corrected chi connectivity index (χ1v) is 9.44. The molecule has 0 saturated heterocycles. The third kappa shape index (κ3) is 7.18. The van der Waals surface area contributed by atoms with E-state index in [-0.39, 0.29) is 24.7 Å². The molecule has 28 heavy (non-hydrogen) atoms. The van der Waals surface area contributed by atoms with Gasteiger partial charge in [-0.05, 0) is 29.5 Å². The summed E-state index contributed by atoms with van der Waals surface area (Å²) in [7, 11) is 1.57. The second kappa shape index (κ2) is 11.3. The standard InChI is InChI=1S/C23H30N2O3/c1-17(23(24)26)13-22(15-28-16-27-3)25-18(2)21-11-9-20(10-12-21)14-19-7-5-4-6-8-19/h4-12,17,22,25H,2,13-16H2,1,3H3,(H2,24,26). The number of nitrogens with one attached hydrogen (secondary N) is 1. The molecule has 2 unspecified atom stereocenters. The Bertz CT molecular complexity index is 744. The Morgan fingerprint density at radius 2 is 1.75 bits per heavy atom. The highest BCUT2D eigenvalue weighted by Gasteiger charge is 2.18. The largest absolute Gasteiger partial charge is 0.380 e. The van der Waals surface area contributed by atoms with Gasteiger partial charge in [0.15, 0.2) is 0 Å². The van der Waals surface area contributed by atoms with E-state index in [0.29, 0.717) is 13.0 Å². The molecule has 2 aromatic carbocycles. The molecular formula is C23H30N2O3. The number of benzene rings is 2. The summed E-state index contributed by atoms with van der Waals surface area (Å²) in [6, 6.07) is 18.6. The van der Waals surface area contributed by atoms with E-state index >= 15 is 0 Å². The zero-order chi connectivity index (χ0) is 20.4. The number of methoxy groups -OCH3 is 1. The van der Waals surface area contributed by atoms with Crippen molar-refractivity contribution in [1.29, 1.82) is 0 Å². The molecule has 5 heteroatoms. The lowest BCUT2D eigenvalue weighted by molar-refractivity contribution is -0.121. The van der Waals surface area contributed by atoms with E-state index in [0.717, 1.165) is 17.7 Å². The minimum atomic E-state index is -0.325. The highest BCUT2D eigenvalue weighted by Crippen LogP contribution is 2.16. The first kappa shape index (κ1) is 21.7. The molecule has 2 aromatic rings. The van der Waals surface area contributed by atoms with Gasteiger partial charge in [0, 0.05) is 18.7 Å². The van der Waals surface area contributed by atoms with Gasteiger partial charge in [0.1, 0.15) is 6.79 Å². The quantitative estimate of drug-likeness (QED) is 0.436.